The second-order valence-corrected chi connectivity index (χ2v) is 23.6. The third-order valence-electron chi connectivity index (χ3n) is 18.6. The minimum Gasteiger partial charge on any atom is -0.311 e. The first-order valence-corrected chi connectivity index (χ1v) is 30.6. The van der Waals surface area contributed by atoms with Crippen LogP contribution in [0.5, 0.6) is 0 Å². The SMILES string of the molecule is c1ccc(-c2ccc(N3c4cc(-c5nc(-c6cc(-c7ccccc7)cc(-c7ccccc7)c6)nc6ccccc56)cc5c4B(c4ccc6c(ccc7ccccc76)c43)c3ccc4c(ccc6ccccc64)c3N5c3ccc(-c4ccccc4)cc3)cc2)cc1. The van der Waals surface area contributed by atoms with Gasteiger partial charge in [0, 0.05) is 61.4 Å². The first-order chi connectivity index (χ1) is 44.1. The van der Waals surface area contributed by atoms with Crippen molar-refractivity contribution in [1.82, 2.24) is 9.97 Å². The number of anilines is 6. The average molecular weight is 1130 g/mol. The van der Waals surface area contributed by atoms with Gasteiger partial charge in [0.25, 0.3) is 6.71 Å². The molecule has 412 valence electrons. The fourth-order valence-electron chi connectivity index (χ4n) is 14.5. The highest BCUT2D eigenvalue weighted by molar-refractivity contribution is 7.01. The number of hydrogen-bond donors (Lipinski definition) is 0. The van der Waals surface area contributed by atoms with E-state index in [9.17, 15) is 0 Å². The lowest BCUT2D eigenvalue weighted by Gasteiger charge is -2.45. The van der Waals surface area contributed by atoms with E-state index in [1.165, 1.54) is 82.0 Å². The Morgan fingerprint density at radius 1 is 0.247 bits per heavy atom. The van der Waals surface area contributed by atoms with Gasteiger partial charge in [0.2, 0.25) is 0 Å². The van der Waals surface area contributed by atoms with Crippen LogP contribution in [0.15, 0.2) is 322 Å². The Bertz CT molecular complexity index is 5190. The highest BCUT2D eigenvalue weighted by Gasteiger charge is 2.45. The highest BCUT2D eigenvalue weighted by Crippen LogP contribution is 2.51. The van der Waals surface area contributed by atoms with Crippen molar-refractivity contribution < 1.29 is 0 Å². The largest absolute Gasteiger partial charge is 0.311 e. The molecule has 0 atom stereocenters. The summed E-state index contributed by atoms with van der Waals surface area (Å²) in [6, 6.07) is 118. The summed E-state index contributed by atoms with van der Waals surface area (Å²) in [7, 11) is 0. The van der Waals surface area contributed by atoms with Gasteiger partial charge in [-0.25, -0.2) is 9.97 Å². The topological polar surface area (TPSA) is 32.3 Å². The van der Waals surface area contributed by atoms with E-state index in [0.717, 1.165) is 83.9 Å². The van der Waals surface area contributed by atoms with Gasteiger partial charge in [-0.2, -0.15) is 0 Å². The molecule has 0 spiro atoms. The zero-order valence-corrected chi connectivity index (χ0v) is 48.5. The monoisotopic (exact) mass is 1130 g/mol. The van der Waals surface area contributed by atoms with Gasteiger partial charge in [-0.1, -0.05) is 261 Å². The summed E-state index contributed by atoms with van der Waals surface area (Å²) in [6.45, 7) is -0.166. The van der Waals surface area contributed by atoms with Crippen LogP contribution in [0, 0.1) is 0 Å². The maximum absolute atomic E-state index is 5.87. The molecule has 0 N–H and O–H groups in total. The van der Waals surface area contributed by atoms with Crippen LogP contribution in [0.4, 0.5) is 34.1 Å². The molecular formula is C84H53BN4. The van der Waals surface area contributed by atoms with E-state index in [1.54, 1.807) is 0 Å². The standard InChI is InChI=1S/C84H53BN4/c1-5-19-54(20-6-1)58-33-39-66(40-34-58)88-78-52-64(81-74-31-17-18-32-77(74)86-84(87-81)65-50-62(56-23-9-3-10-24-56)49-63(51-65)57-25-11-4-12-26-57)53-79-80(78)85(75-47-45-70-68-29-15-13-27-60(68)37-43-72(70)82(75)88)76-48-46-71-69-30-16-14-28-61(69)38-44-73(71)83(76)89(79)67-41-35-59(36-42-67)55-21-7-2-8-22-55/h1-53H. The van der Waals surface area contributed by atoms with E-state index in [1.807, 2.05) is 0 Å². The molecule has 0 aliphatic carbocycles. The fraction of sp³-hybridized carbons (Fsp3) is 0. The number of para-hydroxylation sites is 1. The highest BCUT2D eigenvalue weighted by atomic mass is 15.2. The van der Waals surface area contributed by atoms with Crippen LogP contribution in [0.2, 0.25) is 0 Å². The van der Waals surface area contributed by atoms with Crippen molar-refractivity contribution in [3.05, 3.63) is 322 Å². The molecule has 0 unspecified atom stereocenters. The Balaban J connectivity index is 0.965. The summed E-state index contributed by atoms with van der Waals surface area (Å²) in [5, 5.41) is 10.7. The summed E-state index contributed by atoms with van der Waals surface area (Å²) in [5.74, 6) is 0.658. The molecule has 18 rings (SSSR count). The van der Waals surface area contributed by atoms with E-state index >= 15 is 0 Å². The molecular weight excluding hydrogens is 1080 g/mol. The first-order valence-electron chi connectivity index (χ1n) is 30.6. The van der Waals surface area contributed by atoms with Crippen LogP contribution in [0.1, 0.15) is 0 Å². The Kier molecular flexibility index (Phi) is 11.7. The van der Waals surface area contributed by atoms with Crippen molar-refractivity contribution in [1.29, 1.82) is 0 Å². The maximum atomic E-state index is 5.87. The fourth-order valence-corrected chi connectivity index (χ4v) is 14.5. The van der Waals surface area contributed by atoms with E-state index in [2.05, 4.69) is 331 Å². The van der Waals surface area contributed by atoms with Gasteiger partial charge in [0.05, 0.1) is 11.2 Å². The van der Waals surface area contributed by atoms with E-state index in [-0.39, 0.29) is 6.71 Å². The molecule has 0 saturated carbocycles. The Morgan fingerprint density at radius 2 is 0.629 bits per heavy atom. The molecule has 3 heterocycles. The Morgan fingerprint density at radius 3 is 1.10 bits per heavy atom. The second kappa shape index (κ2) is 20.5. The molecule has 15 aromatic carbocycles. The molecule has 4 nitrogen and oxygen atoms in total. The molecule has 0 bridgehead atoms. The molecule has 5 heteroatoms. The minimum atomic E-state index is -0.166. The van der Waals surface area contributed by atoms with Gasteiger partial charge in [-0.05, 0) is 154 Å². The van der Waals surface area contributed by atoms with E-state index in [0.29, 0.717) is 5.82 Å². The van der Waals surface area contributed by atoms with E-state index in [4.69, 9.17) is 9.97 Å². The third kappa shape index (κ3) is 8.31. The number of hydrogen-bond acceptors (Lipinski definition) is 4. The lowest BCUT2D eigenvalue weighted by atomic mass is 9.33. The Labute approximate surface area is 516 Å². The molecule has 0 amide bonds. The van der Waals surface area contributed by atoms with Crippen LogP contribution < -0.4 is 26.2 Å². The second-order valence-electron chi connectivity index (χ2n) is 23.6. The lowest BCUT2D eigenvalue weighted by Crippen LogP contribution is -2.61. The minimum absolute atomic E-state index is 0.166. The average Bonchev–Trinajstić information content (AvgIpc) is 0.710. The predicted molar refractivity (Wildman–Crippen MR) is 376 cm³/mol. The van der Waals surface area contributed by atoms with Crippen molar-refractivity contribution >= 4 is 111 Å². The van der Waals surface area contributed by atoms with Gasteiger partial charge in [-0.15, -0.1) is 0 Å². The number of fused-ring (bicyclic) bond motifs is 13. The Hall–Kier alpha value is -11.7. The van der Waals surface area contributed by atoms with Crippen molar-refractivity contribution in [2.45, 2.75) is 0 Å². The summed E-state index contributed by atoms with van der Waals surface area (Å²) >= 11 is 0. The summed E-state index contributed by atoms with van der Waals surface area (Å²) in [4.78, 5) is 16.5. The summed E-state index contributed by atoms with van der Waals surface area (Å²) in [5.41, 5.74) is 23.2. The molecule has 89 heavy (non-hydrogen) atoms. The van der Waals surface area contributed by atoms with Gasteiger partial charge in [-0.3, -0.25) is 0 Å². The van der Waals surface area contributed by atoms with Crippen molar-refractivity contribution in [3.8, 4) is 67.2 Å². The van der Waals surface area contributed by atoms with Crippen LogP contribution in [-0.2, 0) is 0 Å². The molecule has 16 aromatic rings. The molecule has 2 aliphatic heterocycles. The first kappa shape index (κ1) is 50.6. The molecule has 0 radical (unpaired) electrons. The smallest absolute Gasteiger partial charge is 0.252 e. The van der Waals surface area contributed by atoms with Gasteiger partial charge in [0.1, 0.15) is 0 Å². The van der Waals surface area contributed by atoms with Crippen LogP contribution in [-0.4, -0.2) is 16.7 Å². The number of benzene rings is 15. The zero-order valence-electron chi connectivity index (χ0n) is 48.5. The van der Waals surface area contributed by atoms with Gasteiger partial charge < -0.3 is 9.80 Å². The zero-order chi connectivity index (χ0) is 58.5. The normalized spacial score (nSPS) is 12.4. The van der Waals surface area contributed by atoms with Gasteiger partial charge >= 0.3 is 0 Å². The summed E-state index contributed by atoms with van der Waals surface area (Å²) < 4.78 is 0. The molecule has 0 fully saturated rings. The molecule has 2 aliphatic rings. The molecule has 1 aromatic heterocycles. The van der Waals surface area contributed by atoms with Crippen LogP contribution in [0.3, 0.4) is 0 Å². The van der Waals surface area contributed by atoms with Crippen molar-refractivity contribution in [3.63, 3.8) is 0 Å². The lowest BCUT2D eigenvalue weighted by molar-refractivity contribution is 1.22. The summed E-state index contributed by atoms with van der Waals surface area (Å²) in [6.07, 6.45) is 0. The number of aromatic nitrogens is 2. The number of rotatable bonds is 8. The van der Waals surface area contributed by atoms with Crippen molar-refractivity contribution in [2.75, 3.05) is 9.80 Å². The van der Waals surface area contributed by atoms with E-state index < -0.39 is 0 Å². The van der Waals surface area contributed by atoms with Crippen molar-refractivity contribution in [2.24, 2.45) is 0 Å². The third-order valence-corrected chi connectivity index (χ3v) is 18.6. The quantitative estimate of drug-likeness (QED) is 0.112. The molecule has 0 saturated heterocycles. The van der Waals surface area contributed by atoms with Gasteiger partial charge in [0.15, 0.2) is 5.82 Å². The van der Waals surface area contributed by atoms with Crippen LogP contribution >= 0.6 is 0 Å². The maximum Gasteiger partial charge on any atom is 0.252 e. The predicted octanol–water partition coefficient (Wildman–Crippen LogP) is 20.3. The number of nitrogens with zero attached hydrogens (tertiary/aromatic N) is 4. The van der Waals surface area contributed by atoms with Crippen LogP contribution in [0.25, 0.3) is 121 Å².